The van der Waals surface area contributed by atoms with E-state index in [0.717, 1.165) is 70.6 Å². The fourth-order valence-corrected chi connectivity index (χ4v) is 6.13. The molecule has 0 radical (unpaired) electrons. The van der Waals surface area contributed by atoms with E-state index in [2.05, 4.69) is 20.8 Å². The summed E-state index contributed by atoms with van der Waals surface area (Å²) in [5.74, 6) is 0.681. The maximum absolute atomic E-state index is 12.5. The van der Waals surface area contributed by atoms with Gasteiger partial charge in [0.2, 0.25) is 0 Å². The molecule has 2 unspecified atom stereocenters. The Labute approximate surface area is 292 Å². The largest absolute Gasteiger partial charge is 0.514 e. The van der Waals surface area contributed by atoms with Crippen molar-refractivity contribution in [1.82, 2.24) is 0 Å². The highest BCUT2D eigenvalue weighted by Crippen LogP contribution is 2.22. The third-order valence-corrected chi connectivity index (χ3v) is 9.21. The Morgan fingerprint density at radius 2 is 1.08 bits per heavy atom. The van der Waals surface area contributed by atoms with Gasteiger partial charge in [-0.05, 0) is 63.0 Å². The van der Waals surface area contributed by atoms with Crippen molar-refractivity contribution in [2.24, 2.45) is 5.92 Å². The number of nitro groups is 1. The van der Waals surface area contributed by atoms with E-state index in [9.17, 15) is 19.7 Å². The second kappa shape index (κ2) is 30.4. The number of carbonyl (C=O) groups is 2. The lowest BCUT2D eigenvalue weighted by Crippen LogP contribution is -2.21. The van der Waals surface area contributed by atoms with Crippen molar-refractivity contribution in [3.8, 4) is 5.75 Å². The second-order valence-corrected chi connectivity index (χ2v) is 13.7. The number of unbranched alkanes of at least 4 members (excludes halogenated alkanes) is 17. The number of esters is 1. The van der Waals surface area contributed by atoms with E-state index in [4.69, 9.17) is 14.2 Å². The normalized spacial score (nSPS) is 12.4. The van der Waals surface area contributed by atoms with Crippen LogP contribution in [0.25, 0.3) is 0 Å². The van der Waals surface area contributed by atoms with Crippen LogP contribution in [-0.2, 0) is 14.3 Å². The minimum atomic E-state index is -0.759. The van der Waals surface area contributed by atoms with Gasteiger partial charge in [0.1, 0.15) is 11.9 Å². The molecule has 276 valence electrons. The molecular formula is C40H69NO7. The number of rotatable bonds is 32. The number of ether oxygens (including phenoxy) is 3. The maximum atomic E-state index is 12.5. The van der Waals surface area contributed by atoms with Gasteiger partial charge in [0.15, 0.2) is 0 Å². The van der Waals surface area contributed by atoms with Crippen LogP contribution < -0.4 is 4.74 Å². The summed E-state index contributed by atoms with van der Waals surface area (Å²) in [4.78, 5) is 35.3. The molecule has 1 aromatic carbocycles. The van der Waals surface area contributed by atoms with Gasteiger partial charge in [-0.3, -0.25) is 14.9 Å². The lowest BCUT2D eigenvalue weighted by Gasteiger charge is -2.18. The van der Waals surface area contributed by atoms with E-state index < -0.39 is 11.1 Å². The third kappa shape index (κ3) is 24.5. The molecule has 0 amide bonds. The van der Waals surface area contributed by atoms with Crippen LogP contribution in [-0.4, -0.2) is 29.8 Å². The Morgan fingerprint density at radius 3 is 1.62 bits per heavy atom. The fraction of sp³-hybridized carbons (Fsp3) is 0.800. The van der Waals surface area contributed by atoms with Crippen LogP contribution in [0.2, 0.25) is 0 Å². The van der Waals surface area contributed by atoms with E-state index in [0.29, 0.717) is 18.9 Å². The molecule has 1 aromatic rings. The molecule has 0 N–H and O–H groups in total. The Balaban J connectivity index is 2.34. The number of benzene rings is 1. The zero-order valence-corrected chi connectivity index (χ0v) is 30.9. The van der Waals surface area contributed by atoms with Gasteiger partial charge in [-0.1, -0.05) is 136 Å². The Kier molecular flexibility index (Phi) is 27.5. The van der Waals surface area contributed by atoms with Gasteiger partial charge < -0.3 is 14.2 Å². The number of hydrogen-bond donors (Lipinski definition) is 0. The molecule has 0 aromatic heterocycles. The van der Waals surface area contributed by atoms with E-state index in [1.165, 1.54) is 114 Å². The van der Waals surface area contributed by atoms with E-state index >= 15 is 0 Å². The van der Waals surface area contributed by atoms with Gasteiger partial charge in [0.05, 0.1) is 11.5 Å². The van der Waals surface area contributed by atoms with Crippen molar-refractivity contribution in [3.63, 3.8) is 0 Å². The summed E-state index contributed by atoms with van der Waals surface area (Å²) < 4.78 is 16.7. The highest BCUT2D eigenvalue weighted by atomic mass is 16.7. The number of nitro benzene ring substituents is 1. The topological polar surface area (TPSA) is 105 Å². The number of hydrogen-bond acceptors (Lipinski definition) is 7. The van der Waals surface area contributed by atoms with Gasteiger partial charge >= 0.3 is 12.1 Å². The van der Waals surface area contributed by atoms with Crippen molar-refractivity contribution in [2.75, 3.05) is 6.61 Å². The highest BCUT2D eigenvalue weighted by molar-refractivity contribution is 5.69. The first kappa shape index (κ1) is 43.4. The van der Waals surface area contributed by atoms with Gasteiger partial charge in [-0.15, -0.1) is 0 Å². The van der Waals surface area contributed by atoms with Gasteiger partial charge in [-0.25, -0.2) is 4.79 Å². The second-order valence-electron chi connectivity index (χ2n) is 13.7. The predicted molar refractivity (Wildman–Crippen MR) is 196 cm³/mol. The van der Waals surface area contributed by atoms with Gasteiger partial charge in [-0.2, -0.15) is 0 Å². The average molecular weight is 676 g/mol. The Hall–Kier alpha value is -2.64. The molecule has 0 aliphatic rings. The van der Waals surface area contributed by atoms with Crippen LogP contribution in [0.15, 0.2) is 24.3 Å². The first-order chi connectivity index (χ1) is 23.4. The predicted octanol–water partition coefficient (Wildman–Crippen LogP) is 12.8. The minimum Gasteiger partial charge on any atom is -0.465 e. The molecule has 0 saturated heterocycles. The fourth-order valence-electron chi connectivity index (χ4n) is 6.13. The smallest absolute Gasteiger partial charge is 0.465 e. The minimum absolute atomic E-state index is 0.0536. The summed E-state index contributed by atoms with van der Waals surface area (Å²) in [5, 5.41) is 10.9. The standard InChI is InChI=1S/C40H69NO7/c1-4-7-10-12-13-14-15-18-22-27-37(47-40(43)48-38-32-30-36(31-33-38)41(44)45)28-23-19-16-17-20-24-29-39(42)46-34-35(25-9-6-3)26-21-11-8-5-2/h30-33,35,37H,4-29,34H2,1-3H3. The van der Waals surface area contributed by atoms with Crippen LogP contribution in [0.1, 0.15) is 188 Å². The van der Waals surface area contributed by atoms with Crippen LogP contribution in [0.3, 0.4) is 0 Å². The summed E-state index contributed by atoms with van der Waals surface area (Å²) in [7, 11) is 0. The van der Waals surface area contributed by atoms with Crippen molar-refractivity contribution < 1.29 is 28.7 Å². The molecule has 0 bridgehead atoms. The summed E-state index contributed by atoms with van der Waals surface area (Å²) in [6, 6.07) is 5.44. The Bertz CT molecular complexity index is 936. The molecule has 1 rings (SSSR count). The highest BCUT2D eigenvalue weighted by Gasteiger charge is 2.17. The molecule has 0 aliphatic carbocycles. The van der Waals surface area contributed by atoms with Crippen LogP contribution in [0, 0.1) is 16.0 Å². The van der Waals surface area contributed by atoms with E-state index in [-0.39, 0.29) is 23.5 Å². The average Bonchev–Trinajstić information content (AvgIpc) is 3.07. The molecule has 8 nitrogen and oxygen atoms in total. The molecule has 0 spiro atoms. The molecule has 0 aliphatic heterocycles. The van der Waals surface area contributed by atoms with E-state index in [1.54, 1.807) is 0 Å². The van der Waals surface area contributed by atoms with Crippen molar-refractivity contribution in [3.05, 3.63) is 34.4 Å². The molecule has 48 heavy (non-hydrogen) atoms. The summed E-state index contributed by atoms with van der Waals surface area (Å²) >= 11 is 0. The summed E-state index contributed by atoms with van der Waals surface area (Å²) in [6.45, 7) is 7.26. The zero-order chi connectivity index (χ0) is 35.1. The van der Waals surface area contributed by atoms with Crippen molar-refractivity contribution in [2.45, 2.75) is 194 Å². The molecule has 0 fully saturated rings. The molecule has 2 atom stereocenters. The SMILES string of the molecule is CCCCCCCCCCCC(CCCCCCCCC(=O)OCC(CCCC)CCCCCC)OC(=O)Oc1ccc([N+](=O)[O-])cc1. The van der Waals surface area contributed by atoms with Gasteiger partial charge in [0.25, 0.3) is 5.69 Å². The quantitative estimate of drug-likeness (QED) is 0.0246. The summed E-state index contributed by atoms with van der Waals surface area (Å²) in [5.41, 5.74) is -0.0571. The lowest BCUT2D eigenvalue weighted by atomic mass is 9.96. The Morgan fingerprint density at radius 1 is 0.625 bits per heavy atom. The number of nitrogens with zero attached hydrogens (tertiary/aromatic N) is 1. The molecular weight excluding hydrogens is 606 g/mol. The van der Waals surface area contributed by atoms with Crippen LogP contribution in [0.5, 0.6) is 5.75 Å². The lowest BCUT2D eigenvalue weighted by molar-refractivity contribution is -0.384. The first-order valence-electron chi connectivity index (χ1n) is 19.7. The molecule has 8 heteroatoms. The van der Waals surface area contributed by atoms with Crippen LogP contribution >= 0.6 is 0 Å². The number of carbonyl (C=O) groups excluding carboxylic acids is 2. The number of non-ortho nitro benzene ring substituents is 1. The monoisotopic (exact) mass is 676 g/mol. The van der Waals surface area contributed by atoms with Crippen molar-refractivity contribution in [1.29, 1.82) is 0 Å². The zero-order valence-electron chi connectivity index (χ0n) is 30.9. The van der Waals surface area contributed by atoms with Crippen LogP contribution in [0.4, 0.5) is 10.5 Å². The van der Waals surface area contributed by atoms with Crippen molar-refractivity contribution >= 4 is 17.8 Å². The summed E-state index contributed by atoms with van der Waals surface area (Å²) in [6.07, 6.45) is 28.1. The van der Waals surface area contributed by atoms with Gasteiger partial charge in [0, 0.05) is 18.6 Å². The first-order valence-corrected chi connectivity index (χ1v) is 19.7. The maximum Gasteiger partial charge on any atom is 0.514 e. The molecule has 0 saturated carbocycles. The third-order valence-electron chi connectivity index (χ3n) is 9.21. The molecule has 0 heterocycles. The van der Waals surface area contributed by atoms with E-state index in [1.807, 2.05) is 0 Å².